The molecule has 0 aliphatic carbocycles. The third-order valence-corrected chi connectivity index (χ3v) is 5.29. The number of piperazine rings is 1. The lowest BCUT2D eigenvalue weighted by Gasteiger charge is -2.27. The van der Waals surface area contributed by atoms with Crippen molar-refractivity contribution in [2.24, 2.45) is 0 Å². The van der Waals surface area contributed by atoms with Crippen molar-refractivity contribution in [1.29, 1.82) is 0 Å². The fraction of sp³-hybridized carbons (Fsp3) is 0.571. The van der Waals surface area contributed by atoms with Gasteiger partial charge in [0.25, 0.3) is 0 Å². The summed E-state index contributed by atoms with van der Waals surface area (Å²) in [6.07, 6.45) is 0. The SMILES string of the molecule is CC.O=S(=O)(NCCN1CCNCC1)c1ccc(Cl)cc1Cl. The molecule has 0 amide bonds. The molecule has 2 rings (SSSR count). The van der Waals surface area contributed by atoms with Gasteiger partial charge in [-0.2, -0.15) is 0 Å². The molecule has 1 aliphatic heterocycles. The Morgan fingerprint density at radius 1 is 1.23 bits per heavy atom. The first-order valence-corrected chi connectivity index (χ1v) is 9.61. The number of nitrogens with zero attached hydrogens (tertiary/aromatic N) is 1. The molecule has 126 valence electrons. The average Bonchev–Trinajstić information content (AvgIpc) is 2.50. The number of hydrogen-bond donors (Lipinski definition) is 2. The molecule has 0 saturated carbocycles. The molecule has 0 unspecified atom stereocenters. The third kappa shape index (κ3) is 6.02. The number of benzene rings is 1. The van der Waals surface area contributed by atoms with Crippen LogP contribution in [-0.2, 0) is 10.0 Å². The van der Waals surface area contributed by atoms with Gasteiger partial charge in [-0.15, -0.1) is 0 Å². The average molecular weight is 368 g/mol. The molecule has 2 N–H and O–H groups in total. The zero-order valence-electron chi connectivity index (χ0n) is 12.9. The summed E-state index contributed by atoms with van der Waals surface area (Å²) in [5.74, 6) is 0. The van der Waals surface area contributed by atoms with E-state index in [0.29, 0.717) is 18.1 Å². The highest BCUT2D eigenvalue weighted by Crippen LogP contribution is 2.24. The Kier molecular flexibility index (Phi) is 8.67. The molecule has 0 aromatic heterocycles. The van der Waals surface area contributed by atoms with Crippen molar-refractivity contribution in [2.45, 2.75) is 18.7 Å². The Bertz CT molecular complexity index is 561. The van der Waals surface area contributed by atoms with Gasteiger partial charge in [0.15, 0.2) is 0 Å². The van der Waals surface area contributed by atoms with Crippen LogP contribution in [0.15, 0.2) is 23.1 Å². The molecule has 1 heterocycles. The van der Waals surface area contributed by atoms with Gasteiger partial charge in [-0.1, -0.05) is 37.0 Å². The van der Waals surface area contributed by atoms with Crippen molar-refractivity contribution in [3.63, 3.8) is 0 Å². The van der Waals surface area contributed by atoms with Crippen LogP contribution in [0, 0.1) is 0 Å². The minimum atomic E-state index is -3.59. The van der Waals surface area contributed by atoms with Crippen LogP contribution in [0.4, 0.5) is 0 Å². The first-order chi connectivity index (χ1) is 10.5. The van der Waals surface area contributed by atoms with Crippen LogP contribution in [0.5, 0.6) is 0 Å². The van der Waals surface area contributed by atoms with Crippen molar-refractivity contribution < 1.29 is 8.42 Å². The highest BCUT2D eigenvalue weighted by atomic mass is 35.5. The molecule has 1 aliphatic rings. The summed E-state index contributed by atoms with van der Waals surface area (Å²) >= 11 is 11.7. The van der Waals surface area contributed by atoms with Gasteiger partial charge in [-0.3, -0.25) is 4.90 Å². The lowest BCUT2D eigenvalue weighted by atomic mass is 10.3. The quantitative estimate of drug-likeness (QED) is 0.837. The summed E-state index contributed by atoms with van der Waals surface area (Å²) in [5.41, 5.74) is 0. The highest BCUT2D eigenvalue weighted by Gasteiger charge is 2.18. The van der Waals surface area contributed by atoms with E-state index in [9.17, 15) is 8.42 Å². The Balaban J connectivity index is 0.00000116. The van der Waals surface area contributed by atoms with E-state index in [2.05, 4.69) is 14.9 Å². The molecule has 22 heavy (non-hydrogen) atoms. The van der Waals surface area contributed by atoms with Gasteiger partial charge in [-0.25, -0.2) is 13.1 Å². The fourth-order valence-corrected chi connectivity index (χ4v) is 3.84. The summed E-state index contributed by atoms with van der Waals surface area (Å²) in [6.45, 7) is 8.80. The first-order valence-electron chi connectivity index (χ1n) is 7.37. The summed E-state index contributed by atoms with van der Waals surface area (Å²) in [6, 6.07) is 4.35. The predicted octanol–water partition coefficient (Wildman–Crippen LogP) is 2.20. The maximum absolute atomic E-state index is 12.1. The lowest BCUT2D eigenvalue weighted by Crippen LogP contribution is -2.46. The van der Waals surface area contributed by atoms with E-state index >= 15 is 0 Å². The minimum absolute atomic E-state index is 0.0591. The standard InChI is InChI=1S/C12H17Cl2N3O2S.C2H6/c13-10-1-2-12(11(14)9-10)20(18,19)16-5-8-17-6-3-15-4-7-17;1-2/h1-2,9,15-16H,3-8H2;1-2H3. The predicted molar refractivity (Wildman–Crippen MR) is 92.3 cm³/mol. The second kappa shape index (κ2) is 9.70. The van der Waals surface area contributed by atoms with Gasteiger partial charge in [0.1, 0.15) is 4.90 Å². The molecular formula is C14H23Cl2N3O2S. The summed E-state index contributed by atoms with van der Waals surface area (Å²) in [7, 11) is -3.59. The Morgan fingerprint density at radius 3 is 2.45 bits per heavy atom. The molecule has 1 fully saturated rings. The van der Waals surface area contributed by atoms with Gasteiger partial charge in [-0.05, 0) is 18.2 Å². The topological polar surface area (TPSA) is 61.4 Å². The molecule has 1 aromatic carbocycles. The molecule has 0 atom stereocenters. The number of halogens is 2. The van der Waals surface area contributed by atoms with Gasteiger partial charge < -0.3 is 5.32 Å². The molecule has 0 spiro atoms. The Morgan fingerprint density at radius 2 is 1.86 bits per heavy atom. The molecule has 1 saturated heterocycles. The van der Waals surface area contributed by atoms with Crippen molar-refractivity contribution in [3.05, 3.63) is 28.2 Å². The number of hydrogen-bond acceptors (Lipinski definition) is 4. The lowest BCUT2D eigenvalue weighted by molar-refractivity contribution is 0.245. The third-order valence-electron chi connectivity index (χ3n) is 3.11. The van der Waals surface area contributed by atoms with Crippen LogP contribution in [0.2, 0.25) is 10.0 Å². The second-order valence-electron chi connectivity index (χ2n) is 4.56. The molecular weight excluding hydrogens is 345 g/mol. The monoisotopic (exact) mass is 367 g/mol. The maximum Gasteiger partial charge on any atom is 0.242 e. The Hall–Kier alpha value is -0.370. The van der Waals surface area contributed by atoms with E-state index in [1.807, 2.05) is 13.8 Å². The van der Waals surface area contributed by atoms with Gasteiger partial charge >= 0.3 is 0 Å². The second-order valence-corrected chi connectivity index (χ2v) is 7.14. The summed E-state index contributed by atoms with van der Waals surface area (Å²) < 4.78 is 26.8. The van der Waals surface area contributed by atoms with Crippen LogP contribution in [0.1, 0.15) is 13.8 Å². The molecule has 5 nitrogen and oxygen atoms in total. The zero-order chi connectivity index (χ0) is 16.6. The summed E-state index contributed by atoms with van der Waals surface area (Å²) in [4.78, 5) is 2.27. The van der Waals surface area contributed by atoms with E-state index in [0.717, 1.165) is 26.2 Å². The number of rotatable bonds is 5. The summed E-state index contributed by atoms with van der Waals surface area (Å²) in [5, 5.41) is 3.79. The maximum atomic E-state index is 12.1. The van der Waals surface area contributed by atoms with Crippen molar-refractivity contribution >= 4 is 33.2 Å². The van der Waals surface area contributed by atoms with E-state index in [1.54, 1.807) is 0 Å². The van der Waals surface area contributed by atoms with Crippen molar-refractivity contribution in [2.75, 3.05) is 39.3 Å². The van der Waals surface area contributed by atoms with Crippen LogP contribution < -0.4 is 10.0 Å². The Labute approximate surface area is 143 Å². The van der Waals surface area contributed by atoms with Crippen molar-refractivity contribution in [1.82, 2.24) is 14.9 Å². The van der Waals surface area contributed by atoms with Crippen LogP contribution in [0.25, 0.3) is 0 Å². The number of sulfonamides is 1. The fourth-order valence-electron chi connectivity index (χ4n) is 2.04. The molecule has 0 radical (unpaired) electrons. The van der Waals surface area contributed by atoms with E-state index < -0.39 is 10.0 Å². The van der Waals surface area contributed by atoms with Crippen LogP contribution >= 0.6 is 23.2 Å². The molecule has 1 aromatic rings. The van der Waals surface area contributed by atoms with E-state index in [4.69, 9.17) is 23.2 Å². The zero-order valence-corrected chi connectivity index (χ0v) is 15.2. The molecule has 0 bridgehead atoms. The van der Waals surface area contributed by atoms with Gasteiger partial charge in [0.05, 0.1) is 5.02 Å². The van der Waals surface area contributed by atoms with Crippen molar-refractivity contribution in [3.8, 4) is 0 Å². The normalized spacial score (nSPS) is 16.0. The van der Waals surface area contributed by atoms with Crippen LogP contribution in [-0.4, -0.2) is 52.6 Å². The van der Waals surface area contributed by atoms with Gasteiger partial charge in [0, 0.05) is 44.3 Å². The smallest absolute Gasteiger partial charge is 0.242 e. The minimum Gasteiger partial charge on any atom is -0.314 e. The van der Waals surface area contributed by atoms with E-state index in [-0.39, 0.29) is 9.92 Å². The largest absolute Gasteiger partial charge is 0.314 e. The van der Waals surface area contributed by atoms with Crippen LogP contribution in [0.3, 0.4) is 0 Å². The molecule has 8 heteroatoms. The first kappa shape index (κ1) is 19.7. The van der Waals surface area contributed by atoms with E-state index in [1.165, 1.54) is 18.2 Å². The highest BCUT2D eigenvalue weighted by molar-refractivity contribution is 7.89. The number of nitrogens with one attached hydrogen (secondary N) is 2. The van der Waals surface area contributed by atoms with Gasteiger partial charge in [0.2, 0.25) is 10.0 Å².